The van der Waals surface area contributed by atoms with Gasteiger partial charge < -0.3 is 5.32 Å². The third-order valence-electron chi connectivity index (χ3n) is 2.21. The number of nitrogens with one attached hydrogen (secondary N) is 1. The van der Waals surface area contributed by atoms with Crippen LogP contribution in [0.25, 0.3) is 0 Å². The van der Waals surface area contributed by atoms with Gasteiger partial charge in [-0.25, -0.2) is 0 Å². The number of aryl methyl sites for hydroxylation is 1. The van der Waals surface area contributed by atoms with Crippen molar-refractivity contribution in [2.24, 2.45) is 0 Å². The van der Waals surface area contributed by atoms with Gasteiger partial charge in [0.15, 0.2) is 0 Å². The van der Waals surface area contributed by atoms with Gasteiger partial charge in [0.1, 0.15) is 0 Å². The maximum Gasteiger partial charge on any atom is 0.0458 e. The lowest BCUT2D eigenvalue weighted by Gasteiger charge is -2.06. The molecule has 1 heterocycles. The summed E-state index contributed by atoms with van der Waals surface area (Å²) in [6.07, 6.45) is 0. The zero-order chi connectivity index (χ0) is 10.7. The summed E-state index contributed by atoms with van der Waals surface area (Å²) in [5.74, 6) is 0. The zero-order valence-corrected chi connectivity index (χ0v) is 10.0. The number of benzene rings is 1. The molecule has 78 valence electrons. The monoisotopic (exact) mass is 237 g/mol. The van der Waals surface area contributed by atoms with Crippen LogP contribution in [0.5, 0.6) is 0 Å². The summed E-state index contributed by atoms with van der Waals surface area (Å²) in [7, 11) is 0. The number of hydrogen-bond acceptors (Lipinski definition) is 2. The Morgan fingerprint density at radius 1 is 1.33 bits per heavy atom. The second kappa shape index (κ2) is 4.69. The average molecular weight is 238 g/mol. The van der Waals surface area contributed by atoms with Crippen molar-refractivity contribution in [1.29, 1.82) is 0 Å². The summed E-state index contributed by atoms with van der Waals surface area (Å²) in [6.45, 7) is 2.82. The van der Waals surface area contributed by atoms with E-state index in [1.54, 1.807) is 11.3 Å². The highest BCUT2D eigenvalue weighted by atomic mass is 35.5. The van der Waals surface area contributed by atoms with Gasteiger partial charge in [0.25, 0.3) is 0 Å². The first-order chi connectivity index (χ1) is 7.25. The Kier molecular flexibility index (Phi) is 3.29. The van der Waals surface area contributed by atoms with E-state index in [2.05, 4.69) is 34.3 Å². The number of anilines is 1. The summed E-state index contributed by atoms with van der Waals surface area (Å²) < 4.78 is 0. The number of thiophene rings is 1. The van der Waals surface area contributed by atoms with Crippen LogP contribution in [0.4, 0.5) is 5.69 Å². The Labute approximate surface area is 98.7 Å². The van der Waals surface area contributed by atoms with Crippen LogP contribution in [0.15, 0.2) is 35.0 Å². The summed E-state index contributed by atoms with van der Waals surface area (Å²) in [4.78, 5) is 0. The molecular formula is C12H12ClNS. The molecule has 0 bridgehead atoms. The van der Waals surface area contributed by atoms with Crippen LogP contribution in [0.3, 0.4) is 0 Å². The molecule has 1 aromatic carbocycles. The fourth-order valence-electron chi connectivity index (χ4n) is 1.36. The van der Waals surface area contributed by atoms with Gasteiger partial charge in [-0.3, -0.25) is 0 Å². The van der Waals surface area contributed by atoms with E-state index in [1.165, 1.54) is 5.56 Å². The Morgan fingerprint density at radius 3 is 2.87 bits per heavy atom. The second-order valence-corrected chi connectivity index (χ2v) is 4.65. The molecule has 0 fully saturated rings. The van der Waals surface area contributed by atoms with Gasteiger partial charge in [-0.05, 0) is 35.6 Å². The largest absolute Gasteiger partial charge is 0.380 e. The number of rotatable bonds is 3. The maximum atomic E-state index is 6.13. The van der Waals surface area contributed by atoms with Gasteiger partial charge in [0.05, 0.1) is 0 Å². The highest BCUT2D eigenvalue weighted by Crippen LogP contribution is 2.19. The van der Waals surface area contributed by atoms with Gasteiger partial charge >= 0.3 is 0 Å². The average Bonchev–Trinajstić information content (AvgIpc) is 2.69. The minimum atomic E-state index is 0.774. The van der Waals surface area contributed by atoms with E-state index in [9.17, 15) is 0 Å². The molecule has 0 saturated heterocycles. The topological polar surface area (TPSA) is 12.0 Å². The van der Waals surface area contributed by atoms with Crippen molar-refractivity contribution in [3.05, 3.63) is 51.2 Å². The zero-order valence-electron chi connectivity index (χ0n) is 8.46. The van der Waals surface area contributed by atoms with Crippen LogP contribution < -0.4 is 5.32 Å². The van der Waals surface area contributed by atoms with Crippen molar-refractivity contribution in [1.82, 2.24) is 0 Å². The van der Waals surface area contributed by atoms with Crippen molar-refractivity contribution in [2.75, 3.05) is 5.32 Å². The number of halogens is 1. The molecule has 3 heteroatoms. The predicted octanol–water partition coefficient (Wildman–Crippen LogP) is 4.32. The lowest BCUT2D eigenvalue weighted by atomic mass is 10.1. The van der Waals surface area contributed by atoms with Crippen LogP contribution in [0.1, 0.15) is 11.1 Å². The SMILES string of the molecule is Cc1ccc(CNc2ccsc2)c(Cl)c1. The first-order valence-corrected chi connectivity index (χ1v) is 6.09. The molecule has 2 aromatic rings. The van der Waals surface area contributed by atoms with Crippen molar-refractivity contribution in [3.63, 3.8) is 0 Å². The summed E-state index contributed by atoms with van der Waals surface area (Å²) >= 11 is 7.82. The van der Waals surface area contributed by atoms with E-state index in [1.807, 2.05) is 13.0 Å². The Bertz CT molecular complexity index is 437. The van der Waals surface area contributed by atoms with Crippen LogP contribution in [0, 0.1) is 6.92 Å². The number of hydrogen-bond donors (Lipinski definition) is 1. The van der Waals surface area contributed by atoms with Crippen molar-refractivity contribution < 1.29 is 0 Å². The van der Waals surface area contributed by atoms with Gasteiger partial charge in [0.2, 0.25) is 0 Å². The molecule has 0 aliphatic carbocycles. The molecule has 0 amide bonds. The molecule has 2 rings (SSSR count). The molecule has 0 atom stereocenters. The normalized spacial score (nSPS) is 10.3. The van der Waals surface area contributed by atoms with Crippen LogP contribution >= 0.6 is 22.9 Å². The highest BCUT2D eigenvalue weighted by Gasteiger charge is 2.00. The molecule has 0 aliphatic heterocycles. The second-order valence-electron chi connectivity index (χ2n) is 3.46. The fraction of sp³-hybridized carbons (Fsp3) is 0.167. The van der Waals surface area contributed by atoms with Crippen molar-refractivity contribution in [2.45, 2.75) is 13.5 Å². The van der Waals surface area contributed by atoms with E-state index in [0.717, 1.165) is 22.8 Å². The molecule has 15 heavy (non-hydrogen) atoms. The molecule has 0 radical (unpaired) electrons. The molecule has 0 saturated carbocycles. The predicted molar refractivity (Wildman–Crippen MR) is 67.8 cm³/mol. The molecule has 1 N–H and O–H groups in total. The summed E-state index contributed by atoms with van der Waals surface area (Å²) in [5.41, 5.74) is 3.48. The van der Waals surface area contributed by atoms with Crippen LogP contribution in [-0.2, 0) is 6.54 Å². The Morgan fingerprint density at radius 2 is 2.20 bits per heavy atom. The first-order valence-electron chi connectivity index (χ1n) is 4.77. The Hall–Kier alpha value is -0.990. The molecular weight excluding hydrogens is 226 g/mol. The standard InChI is InChI=1S/C12H12ClNS/c1-9-2-3-10(12(13)6-9)7-14-11-4-5-15-8-11/h2-6,8,14H,7H2,1H3. The third-order valence-corrected chi connectivity index (χ3v) is 3.25. The highest BCUT2D eigenvalue weighted by molar-refractivity contribution is 7.08. The minimum Gasteiger partial charge on any atom is -0.380 e. The van der Waals surface area contributed by atoms with Gasteiger partial charge in [-0.15, -0.1) is 0 Å². The van der Waals surface area contributed by atoms with Gasteiger partial charge in [-0.1, -0.05) is 23.7 Å². The summed E-state index contributed by atoms with van der Waals surface area (Å²) in [5, 5.41) is 8.30. The fourth-order valence-corrected chi connectivity index (χ4v) is 2.27. The van der Waals surface area contributed by atoms with Gasteiger partial charge in [-0.2, -0.15) is 11.3 Å². The molecule has 0 spiro atoms. The molecule has 1 nitrogen and oxygen atoms in total. The molecule has 0 unspecified atom stereocenters. The van der Waals surface area contributed by atoms with E-state index in [0.29, 0.717) is 0 Å². The third kappa shape index (κ3) is 2.74. The smallest absolute Gasteiger partial charge is 0.0458 e. The van der Waals surface area contributed by atoms with E-state index >= 15 is 0 Å². The molecule has 0 aliphatic rings. The van der Waals surface area contributed by atoms with Crippen molar-refractivity contribution in [3.8, 4) is 0 Å². The minimum absolute atomic E-state index is 0.774. The maximum absolute atomic E-state index is 6.13. The van der Waals surface area contributed by atoms with E-state index < -0.39 is 0 Å². The molecule has 1 aromatic heterocycles. The van der Waals surface area contributed by atoms with Crippen LogP contribution in [0.2, 0.25) is 5.02 Å². The Balaban J connectivity index is 2.05. The first kappa shape index (κ1) is 10.5. The summed E-state index contributed by atoms with van der Waals surface area (Å²) in [6, 6.07) is 8.20. The van der Waals surface area contributed by atoms with Crippen LogP contribution in [-0.4, -0.2) is 0 Å². The lowest BCUT2D eigenvalue weighted by molar-refractivity contribution is 1.15. The van der Waals surface area contributed by atoms with E-state index in [-0.39, 0.29) is 0 Å². The lowest BCUT2D eigenvalue weighted by Crippen LogP contribution is -1.98. The quantitative estimate of drug-likeness (QED) is 0.838. The van der Waals surface area contributed by atoms with E-state index in [4.69, 9.17) is 11.6 Å². The van der Waals surface area contributed by atoms with Crippen molar-refractivity contribution >= 4 is 28.6 Å². The van der Waals surface area contributed by atoms with Gasteiger partial charge in [0, 0.05) is 22.6 Å².